The molecule has 2 aliphatic rings. The van der Waals surface area contributed by atoms with E-state index in [4.69, 9.17) is 4.74 Å². The Balaban J connectivity index is 2.28. The van der Waals surface area contributed by atoms with E-state index in [1.165, 1.54) is 25.2 Å². The van der Waals surface area contributed by atoms with Crippen LogP contribution in [0.15, 0.2) is 0 Å². The van der Waals surface area contributed by atoms with E-state index >= 15 is 0 Å². The monoisotopic (exact) mass is 196 g/mol. The summed E-state index contributed by atoms with van der Waals surface area (Å²) in [5.41, 5.74) is 0. The van der Waals surface area contributed by atoms with Gasteiger partial charge in [-0.1, -0.05) is 0 Å². The zero-order chi connectivity index (χ0) is 10.3. The Labute approximate surface area is 87.0 Å². The summed E-state index contributed by atoms with van der Waals surface area (Å²) in [5.74, 6) is 1.76. The first kappa shape index (κ1) is 10.0. The van der Waals surface area contributed by atoms with Crippen LogP contribution in [0.5, 0.6) is 0 Å². The van der Waals surface area contributed by atoms with Crippen molar-refractivity contribution in [2.45, 2.75) is 65.1 Å². The molecule has 2 atom stereocenters. The van der Waals surface area contributed by atoms with Crippen LogP contribution in [0, 0.1) is 5.92 Å². The minimum atomic E-state index is 0.495. The van der Waals surface area contributed by atoms with Gasteiger partial charge in [0.25, 0.3) is 0 Å². The number of fused-ring (bicyclic) bond motifs is 1. The molecule has 1 fully saturated rings. The molecule has 0 N–H and O–H groups in total. The SMILES string of the molecule is CC(C)C1=[N+](C(C)C)[C@@H]2CCC[C@@H]2O1. The molecule has 0 bridgehead atoms. The molecule has 2 heteroatoms. The van der Waals surface area contributed by atoms with E-state index in [1.54, 1.807) is 0 Å². The summed E-state index contributed by atoms with van der Waals surface area (Å²) in [6.07, 6.45) is 4.41. The second-order valence-corrected chi connectivity index (χ2v) is 5.15. The molecule has 1 aliphatic carbocycles. The van der Waals surface area contributed by atoms with Gasteiger partial charge in [-0.3, -0.25) is 0 Å². The third-order valence-electron chi connectivity index (χ3n) is 3.35. The number of hydrogen-bond acceptors (Lipinski definition) is 1. The molecule has 1 saturated carbocycles. The van der Waals surface area contributed by atoms with E-state index in [1.807, 2.05) is 0 Å². The van der Waals surface area contributed by atoms with E-state index in [0.29, 0.717) is 24.1 Å². The molecular weight excluding hydrogens is 174 g/mol. The second kappa shape index (κ2) is 3.56. The highest BCUT2D eigenvalue weighted by molar-refractivity contribution is 5.74. The Kier molecular flexibility index (Phi) is 2.54. The van der Waals surface area contributed by atoms with Crippen LogP contribution in [-0.4, -0.2) is 28.7 Å². The maximum atomic E-state index is 6.06. The molecule has 0 saturated heterocycles. The zero-order valence-corrected chi connectivity index (χ0v) is 9.79. The van der Waals surface area contributed by atoms with Crippen LogP contribution in [0.25, 0.3) is 0 Å². The Morgan fingerprint density at radius 2 is 1.93 bits per heavy atom. The lowest BCUT2D eigenvalue weighted by Crippen LogP contribution is -2.33. The van der Waals surface area contributed by atoms with Crippen LogP contribution < -0.4 is 0 Å². The highest BCUT2D eigenvalue weighted by Gasteiger charge is 2.48. The van der Waals surface area contributed by atoms with Crippen LogP contribution >= 0.6 is 0 Å². The van der Waals surface area contributed by atoms with Crippen molar-refractivity contribution in [3.8, 4) is 0 Å². The predicted molar refractivity (Wildman–Crippen MR) is 57.8 cm³/mol. The predicted octanol–water partition coefficient (Wildman–Crippen LogP) is 2.41. The lowest BCUT2D eigenvalue weighted by Gasteiger charge is -2.10. The third-order valence-corrected chi connectivity index (χ3v) is 3.35. The van der Waals surface area contributed by atoms with Crippen molar-refractivity contribution in [1.82, 2.24) is 0 Å². The number of rotatable bonds is 2. The Hall–Kier alpha value is -0.530. The van der Waals surface area contributed by atoms with Gasteiger partial charge in [-0.2, -0.15) is 4.58 Å². The summed E-state index contributed by atoms with van der Waals surface area (Å²) in [4.78, 5) is 0. The van der Waals surface area contributed by atoms with Gasteiger partial charge in [-0.25, -0.2) is 0 Å². The van der Waals surface area contributed by atoms with Crippen molar-refractivity contribution >= 4 is 5.90 Å². The molecular formula is C12H22NO+. The number of hydrogen-bond donors (Lipinski definition) is 0. The van der Waals surface area contributed by atoms with Gasteiger partial charge >= 0.3 is 5.90 Å². The van der Waals surface area contributed by atoms with E-state index < -0.39 is 0 Å². The van der Waals surface area contributed by atoms with Crippen LogP contribution in [0.1, 0.15) is 47.0 Å². The van der Waals surface area contributed by atoms with Gasteiger partial charge in [0.15, 0.2) is 18.2 Å². The molecule has 0 radical (unpaired) electrons. The quantitative estimate of drug-likeness (QED) is 0.618. The van der Waals surface area contributed by atoms with Gasteiger partial charge in [0.1, 0.15) is 0 Å². The summed E-state index contributed by atoms with van der Waals surface area (Å²) < 4.78 is 8.58. The molecule has 0 spiro atoms. The molecule has 1 aliphatic heterocycles. The van der Waals surface area contributed by atoms with Gasteiger partial charge in [-0.15, -0.1) is 0 Å². The van der Waals surface area contributed by atoms with Crippen molar-refractivity contribution in [2.24, 2.45) is 5.92 Å². The fourth-order valence-electron chi connectivity index (χ4n) is 2.81. The number of ether oxygens (including phenoxy) is 1. The highest BCUT2D eigenvalue weighted by atomic mass is 16.5. The van der Waals surface area contributed by atoms with Crippen molar-refractivity contribution in [3.63, 3.8) is 0 Å². The van der Waals surface area contributed by atoms with Crippen LogP contribution in [0.3, 0.4) is 0 Å². The highest BCUT2D eigenvalue weighted by Crippen LogP contribution is 2.32. The molecule has 1 heterocycles. The topological polar surface area (TPSA) is 12.2 Å². The fourth-order valence-corrected chi connectivity index (χ4v) is 2.81. The minimum absolute atomic E-state index is 0.495. The van der Waals surface area contributed by atoms with Crippen LogP contribution in [-0.2, 0) is 4.74 Å². The van der Waals surface area contributed by atoms with E-state index in [2.05, 4.69) is 32.3 Å². The molecule has 0 aromatic carbocycles. The Bertz CT molecular complexity index is 255. The van der Waals surface area contributed by atoms with Crippen molar-refractivity contribution in [2.75, 3.05) is 0 Å². The molecule has 14 heavy (non-hydrogen) atoms. The van der Waals surface area contributed by atoms with Crippen LogP contribution in [0.4, 0.5) is 0 Å². The molecule has 0 unspecified atom stereocenters. The lowest BCUT2D eigenvalue weighted by atomic mass is 10.1. The molecule has 0 amide bonds. The van der Waals surface area contributed by atoms with Gasteiger partial charge in [-0.05, 0) is 40.5 Å². The summed E-state index contributed by atoms with van der Waals surface area (Å²) in [6.45, 7) is 9.00. The molecule has 0 aromatic rings. The van der Waals surface area contributed by atoms with Crippen molar-refractivity contribution in [1.29, 1.82) is 0 Å². The van der Waals surface area contributed by atoms with Crippen molar-refractivity contribution < 1.29 is 9.31 Å². The number of nitrogens with zero attached hydrogens (tertiary/aromatic N) is 1. The summed E-state index contributed by atoms with van der Waals surface area (Å²) in [7, 11) is 0. The average molecular weight is 196 g/mol. The van der Waals surface area contributed by atoms with Crippen molar-refractivity contribution in [3.05, 3.63) is 0 Å². The minimum Gasteiger partial charge on any atom is -0.437 e. The first-order chi connectivity index (χ1) is 6.61. The molecule has 2 rings (SSSR count). The van der Waals surface area contributed by atoms with E-state index in [0.717, 1.165) is 0 Å². The van der Waals surface area contributed by atoms with Gasteiger partial charge in [0.2, 0.25) is 0 Å². The smallest absolute Gasteiger partial charge is 0.339 e. The first-order valence-corrected chi connectivity index (χ1v) is 5.93. The van der Waals surface area contributed by atoms with E-state index in [-0.39, 0.29) is 0 Å². The average Bonchev–Trinajstić information content (AvgIpc) is 2.58. The Morgan fingerprint density at radius 3 is 2.50 bits per heavy atom. The zero-order valence-electron chi connectivity index (χ0n) is 9.79. The van der Waals surface area contributed by atoms with Gasteiger partial charge < -0.3 is 4.74 Å². The molecule has 80 valence electrons. The largest absolute Gasteiger partial charge is 0.437 e. The standard InChI is InChI=1S/C12H22NO/c1-8(2)12-13(9(3)4)10-6-5-7-11(10)14-12/h8-11H,5-7H2,1-4H3/q+1/t10-,11+/m1/s1. The van der Waals surface area contributed by atoms with Crippen LogP contribution in [0.2, 0.25) is 0 Å². The first-order valence-electron chi connectivity index (χ1n) is 5.93. The normalized spacial score (nSPS) is 31.6. The summed E-state index contributed by atoms with van der Waals surface area (Å²) in [6, 6.07) is 1.26. The maximum Gasteiger partial charge on any atom is 0.339 e. The van der Waals surface area contributed by atoms with Gasteiger partial charge in [0.05, 0.1) is 5.92 Å². The summed E-state index contributed by atoms with van der Waals surface area (Å²) in [5, 5.41) is 0. The molecule has 2 nitrogen and oxygen atoms in total. The Morgan fingerprint density at radius 1 is 1.21 bits per heavy atom. The van der Waals surface area contributed by atoms with E-state index in [9.17, 15) is 0 Å². The maximum absolute atomic E-state index is 6.06. The van der Waals surface area contributed by atoms with Gasteiger partial charge in [0, 0.05) is 6.42 Å². The third kappa shape index (κ3) is 1.45. The molecule has 0 aromatic heterocycles. The lowest BCUT2D eigenvalue weighted by molar-refractivity contribution is -0.588. The second-order valence-electron chi connectivity index (χ2n) is 5.15. The fraction of sp³-hybridized carbons (Fsp3) is 0.917. The summed E-state index contributed by atoms with van der Waals surface area (Å²) >= 11 is 0.